The van der Waals surface area contributed by atoms with Gasteiger partial charge in [-0.15, -0.1) is 0 Å². The molecule has 2 aromatic carbocycles. The molecule has 1 N–H and O–H groups in total. The summed E-state index contributed by atoms with van der Waals surface area (Å²) in [5, 5.41) is 13.7. The second-order valence-electron chi connectivity index (χ2n) is 5.12. The minimum Gasteiger partial charge on any atom is -0.487 e. The predicted octanol–water partition coefficient (Wildman–Crippen LogP) is 2.65. The van der Waals surface area contributed by atoms with Crippen molar-refractivity contribution in [1.82, 2.24) is 0 Å². The minimum atomic E-state index is -3.33. The van der Waals surface area contributed by atoms with Gasteiger partial charge in [-0.2, -0.15) is 0 Å². The van der Waals surface area contributed by atoms with Gasteiger partial charge in [0.05, 0.1) is 16.4 Å². The van der Waals surface area contributed by atoms with E-state index in [1.807, 2.05) is 0 Å². The molecule has 0 spiro atoms. The molecule has 0 aliphatic rings. The molecule has 0 aliphatic heterocycles. The van der Waals surface area contributed by atoms with E-state index in [4.69, 9.17) is 4.74 Å². The Morgan fingerprint density at radius 2 is 1.84 bits per heavy atom. The topological polar surface area (TPSA) is 116 Å². The maximum Gasteiger partial charge on any atom is 0.311 e. The fourth-order valence-corrected chi connectivity index (χ4v) is 2.70. The van der Waals surface area contributed by atoms with Crippen molar-refractivity contribution in [2.75, 3.05) is 18.2 Å². The maximum absolute atomic E-state index is 12.2. The van der Waals surface area contributed by atoms with Crippen LogP contribution in [0.4, 0.5) is 11.4 Å². The summed E-state index contributed by atoms with van der Waals surface area (Å²) in [6.45, 7) is 1.96. The van der Waals surface area contributed by atoms with Gasteiger partial charge in [-0.05, 0) is 43.3 Å². The molecule has 0 saturated heterocycles. The van der Waals surface area contributed by atoms with Crippen LogP contribution < -0.4 is 10.1 Å². The third-order valence-corrected chi connectivity index (χ3v) is 4.39. The largest absolute Gasteiger partial charge is 0.487 e. The lowest BCUT2D eigenvalue weighted by atomic mass is 10.1. The first kappa shape index (κ1) is 18.4. The second-order valence-corrected chi connectivity index (χ2v) is 7.14. The molecule has 0 aliphatic carbocycles. The molecule has 25 heavy (non-hydrogen) atoms. The Bertz CT molecular complexity index is 907. The molecule has 0 aromatic heterocycles. The number of amides is 1. The van der Waals surface area contributed by atoms with Crippen molar-refractivity contribution in [3.05, 3.63) is 58.1 Å². The van der Waals surface area contributed by atoms with Crippen molar-refractivity contribution in [3.8, 4) is 5.75 Å². The number of hydrogen-bond acceptors (Lipinski definition) is 6. The lowest BCUT2D eigenvalue weighted by Crippen LogP contribution is -2.12. The monoisotopic (exact) mass is 364 g/mol. The number of rotatable bonds is 6. The van der Waals surface area contributed by atoms with Crippen LogP contribution in [0, 0.1) is 10.1 Å². The highest BCUT2D eigenvalue weighted by molar-refractivity contribution is 7.90. The van der Waals surface area contributed by atoms with Gasteiger partial charge in [0.2, 0.25) is 0 Å². The number of anilines is 1. The Labute approximate surface area is 144 Å². The van der Waals surface area contributed by atoms with E-state index < -0.39 is 20.7 Å². The van der Waals surface area contributed by atoms with E-state index in [0.29, 0.717) is 5.69 Å². The van der Waals surface area contributed by atoms with Gasteiger partial charge in [-0.25, -0.2) is 8.42 Å². The van der Waals surface area contributed by atoms with Crippen molar-refractivity contribution in [1.29, 1.82) is 0 Å². The Hall–Kier alpha value is -2.94. The molecule has 132 valence electrons. The molecule has 0 atom stereocenters. The van der Waals surface area contributed by atoms with Crippen LogP contribution in [0.5, 0.6) is 5.75 Å². The summed E-state index contributed by atoms with van der Waals surface area (Å²) in [6, 6.07) is 9.53. The number of nitro groups is 1. The highest BCUT2D eigenvalue weighted by atomic mass is 32.2. The molecule has 0 unspecified atom stereocenters. The average molecular weight is 364 g/mol. The summed E-state index contributed by atoms with van der Waals surface area (Å²) in [4.78, 5) is 22.8. The van der Waals surface area contributed by atoms with Crippen LogP contribution in [-0.2, 0) is 9.84 Å². The molecule has 9 heteroatoms. The predicted molar refractivity (Wildman–Crippen MR) is 91.8 cm³/mol. The highest BCUT2D eigenvalue weighted by Gasteiger charge is 2.18. The van der Waals surface area contributed by atoms with Crippen molar-refractivity contribution >= 4 is 27.1 Å². The summed E-state index contributed by atoms with van der Waals surface area (Å²) < 4.78 is 28.0. The standard InChI is InChI=1S/C16H16N2O6S/c1-3-24-15-9-4-11(10-14(15)18(20)21)16(19)17-12-5-7-13(8-6-12)25(2,22)23/h4-10H,3H2,1-2H3,(H,17,19). The first-order valence-corrected chi connectivity index (χ1v) is 9.14. The minimum absolute atomic E-state index is 0.0848. The third-order valence-electron chi connectivity index (χ3n) is 3.26. The quantitative estimate of drug-likeness (QED) is 0.622. The summed E-state index contributed by atoms with van der Waals surface area (Å²) in [5.41, 5.74) is 0.151. The molecule has 2 aromatic rings. The smallest absolute Gasteiger partial charge is 0.311 e. The molecule has 1 amide bonds. The molecular formula is C16H16N2O6S. The van der Waals surface area contributed by atoms with Crippen LogP contribution in [0.3, 0.4) is 0 Å². The molecule has 0 radical (unpaired) electrons. The molecule has 8 nitrogen and oxygen atoms in total. The van der Waals surface area contributed by atoms with Gasteiger partial charge >= 0.3 is 5.69 Å². The van der Waals surface area contributed by atoms with Gasteiger partial charge in [0.1, 0.15) is 0 Å². The number of hydrogen-bond donors (Lipinski definition) is 1. The lowest BCUT2D eigenvalue weighted by molar-refractivity contribution is -0.385. The zero-order valence-electron chi connectivity index (χ0n) is 13.6. The van der Waals surface area contributed by atoms with E-state index in [0.717, 1.165) is 12.3 Å². The first-order chi connectivity index (χ1) is 11.7. The zero-order valence-corrected chi connectivity index (χ0v) is 14.4. The summed E-state index contributed by atoms with van der Waals surface area (Å²) in [6.07, 6.45) is 1.08. The van der Waals surface area contributed by atoms with Crippen LogP contribution in [0.2, 0.25) is 0 Å². The van der Waals surface area contributed by atoms with E-state index in [9.17, 15) is 23.3 Å². The average Bonchev–Trinajstić information content (AvgIpc) is 2.55. The Kier molecular flexibility index (Phi) is 5.38. The summed E-state index contributed by atoms with van der Waals surface area (Å²) in [7, 11) is -3.33. The molecule has 2 rings (SSSR count). The molecular weight excluding hydrogens is 348 g/mol. The number of carbonyl (C=O) groups excluding carboxylic acids is 1. The number of carbonyl (C=O) groups is 1. The number of benzene rings is 2. The zero-order chi connectivity index (χ0) is 18.6. The van der Waals surface area contributed by atoms with E-state index in [-0.39, 0.29) is 28.5 Å². The number of nitrogens with one attached hydrogen (secondary N) is 1. The summed E-state index contributed by atoms with van der Waals surface area (Å²) >= 11 is 0. The molecule has 0 saturated carbocycles. The Morgan fingerprint density at radius 1 is 1.20 bits per heavy atom. The van der Waals surface area contributed by atoms with E-state index in [1.165, 1.54) is 36.4 Å². The third kappa shape index (κ3) is 4.54. The van der Waals surface area contributed by atoms with Gasteiger partial charge in [0.15, 0.2) is 15.6 Å². The van der Waals surface area contributed by atoms with Gasteiger partial charge in [-0.3, -0.25) is 14.9 Å². The normalized spacial score (nSPS) is 11.0. The lowest BCUT2D eigenvalue weighted by Gasteiger charge is -2.08. The van der Waals surface area contributed by atoms with Crippen molar-refractivity contribution in [2.45, 2.75) is 11.8 Å². The molecule has 0 fully saturated rings. The second kappa shape index (κ2) is 7.31. The fraction of sp³-hybridized carbons (Fsp3) is 0.188. The summed E-state index contributed by atoms with van der Waals surface area (Å²) in [5.74, 6) is -0.472. The van der Waals surface area contributed by atoms with E-state index in [1.54, 1.807) is 6.92 Å². The van der Waals surface area contributed by atoms with Crippen LogP contribution in [0.25, 0.3) is 0 Å². The SMILES string of the molecule is CCOc1ccc(C(=O)Nc2ccc(S(C)(=O)=O)cc2)cc1[N+](=O)[O-]. The molecule has 0 bridgehead atoms. The number of nitro benzene ring substituents is 1. The Morgan fingerprint density at radius 3 is 2.36 bits per heavy atom. The van der Waals surface area contributed by atoms with Gasteiger partial charge in [-0.1, -0.05) is 0 Å². The highest BCUT2D eigenvalue weighted by Crippen LogP contribution is 2.28. The van der Waals surface area contributed by atoms with Crippen molar-refractivity contribution in [3.63, 3.8) is 0 Å². The number of sulfone groups is 1. The first-order valence-electron chi connectivity index (χ1n) is 7.25. The van der Waals surface area contributed by atoms with Crippen molar-refractivity contribution < 1.29 is 22.9 Å². The van der Waals surface area contributed by atoms with Crippen LogP contribution in [0.1, 0.15) is 17.3 Å². The fourth-order valence-electron chi connectivity index (χ4n) is 2.07. The van der Waals surface area contributed by atoms with Gasteiger partial charge in [0.25, 0.3) is 5.91 Å². The maximum atomic E-state index is 12.2. The van der Waals surface area contributed by atoms with Crippen molar-refractivity contribution in [2.24, 2.45) is 0 Å². The van der Waals surface area contributed by atoms with E-state index in [2.05, 4.69) is 5.32 Å². The van der Waals surface area contributed by atoms with Gasteiger partial charge in [0, 0.05) is 23.6 Å². The Balaban J connectivity index is 2.23. The van der Waals surface area contributed by atoms with Crippen LogP contribution in [-0.4, -0.2) is 32.1 Å². The number of nitrogens with zero attached hydrogens (tertiary/aromatic N) is 1. The van der Waals surface area contributed by atoms with Crippen LogP contribution in [0.15, 0.2) is 47.4 Å². The van der Waals surface area contributed by atoms with E-state index >= 15 is 0 Å². The molecule has 0 heterocycles. The van der Waals surface area contributed by atoms with Crippen LogP contribution >= 0.6 is 0 Å². The number of ether oxygens (including phenoxy) is 1. The van der Waals surface area contributed by atoms with Gasteiger partial charge < -0.3 is 10.1 Å².